The van der Waals surface area contributed by atoms with Gasteiger partial charge in [0.25, 0.3) is 0 Å². The number of fused-ring (bicyclic) bond motifs is 1. The highest BCUT2D eigenvalue weighted by atomic mass is 16.3. The maximum atomic E-state index is 10.5. The maximum Gasteiger partial charge on any atom is 0.0946 e. The van der Waals surface area contributed by atoms with Gasteiger partial charge in [-0.2, -0.15) is 0 Å². The van der Waals surface area contributed by atoms with Crippen LogP contribution >= 0.6 is 0 Å². The summed E-state index contributed by atoms with van der Waals surface area (Å²) in [5.74, 6) is 1.69. The SMILES string of the molecule is [O]CCNC1CCCC2CC=CCC21. The molecule has 3 atom stereocenters. The van der Waals surface area contributed by atoms with Crippen LogP contribution in [0.2, 0.25) is 0 Å². The van der Waals surface area contributed by atoms with Crippen molar-refractivity contribution in [3.63, 3.8) is 0 Å². The normalized spacial score (nSPS) is 36.8. The Balaban J connectivity index is 1.92. The number of hydrogen-bond acceptors (Lipinski definition) is 1. The summed E-state index contributed by atoms with van der Waals surface area (Å²) in [6.45, 7) is 0.668. The zero-order valence-electron chi connectivity index (χ0n) is 8.74. The molecule has 1 saturated carbocycles. The molecule has 0 aromatic carbocycles. The van der Waals surface area contributed by atoms with Crippen molar-refractivity contribution < 1.29 is 5.11 Å². The molecule has 2 heteroatoms. The van der Waals surface area contributed by atoms with E-state index in [9.17, 15) is 5.11 Å². The largest absolute Gasteiger partial charge is 0.311 e. The lowest BCUT2D eigenvalue weighted by molar-refractivity contribution is 0.147. The highest BCUT2D eigenvalue weighted by Crippen LogP contribution is 2.37. The zero-order chi connectivity index (χ0) is 9.80. The molecule has 0 bridgehead atoms. The Hall–Kier alpha value is -0.340. The van der Waals surface area contributed by atoms with Crippen molar-refractivity contribution in [3.8, 4) is 0 Å². The molecule has 1 radical (unpaired) electrons. The fraction of sp³-hybridized carbons (Fsp3) is 0.833. The molecule has 1 N–H and O–H groups in total. The van der Waals surface area contributed by atoms with E-state index in [0.29, 0.717) is 12.6 Å². The quantitative estimate of drug-likeness (QED) is 0.686. The smallest absolute Gasteiger partial charge is 0.0946 e. The summed E-state index contributed by atoms with van der Waals surface area (Å²) in [5.41, 5.74) is 0. The second-order valence-electron chi connectivity index (χ2n) is 4.56. The number of nitrogens with one attached hydrogen (secondary N) is 1. The summed E-state index contributed by atoms with van der Waals surface area (Å²) in [5, 5.41) is 13.9. The van der Waals surface area contributed by atoms with Gasteiger partial charge in [0.15, 0.2) is 0 Å². The van der Waals surface area contributed by atoms with Gasteiger partial charge in [0, 0.05) is 12.6 Å². The first-order valence-electron chi connectivity index (χ1n) is 5.88. The lowest BCUT2D eigenvalue weighted by Crippen LogP contribution is -2.44. The van der Waals surface area contributed by atoms with Crippen LogP contribution in [0.4, 0.5) is 0 Å². The molecule has 3 unspecified atom stereocenters. The van der Waals surface area contributed by atoms with Gasteiger partial charge in [-0.1, -0.05) is 18.6 Å². The molecule has 2 rings (SSSR count). The molecule has 14 heavy (non-hydrogen) atoms. The second-order valence-corrected chi connectivity index (χ2v) is 4.56. The molecular weight excluding hydrogens is 174 g/mol. The molecule has 1 fully saturated rings. The first kappa shape index (κ1) is 10.2. The van der Waals surface area contributed by atoms with E-state index < -0.39 is 0 Å². The van der Waals surface area contributed by atoms with Gasteiger partial charge in [-0.3, -0.25) is 0 Å². The fourth-order valence-corrected chi connectivity index (χ4v) is 3.03. The van der Waals surface area contributed by atoms with Crippen molar-refractivity contribution in [1.82, 2.24) is 5.32 Å². The Bertz CT molecular complexity index is 202. The van der Waals surface area contributed by atoms with Crippen molar-refractivity contribution in [1.29, 1.82) is 0 Å². The molecule has 79 valence electrons. The predicted octanol–water partition coefficient (Wildman–Crippen LogP) is 2.14. The van der Waals surface area contributed by atoms with Gasteiger partial charge in [0.2, 0.25) is 0 Å². The summed E-state index contributed by atoms with van der Waals surface area (Å²) in [7, 11) is 0. The van der Waals surface area contributed by atoms with Crippen LogP contribution in [-0.2, 0) is 5.11 Å². The first-order valence-corrected chi connectivity index (χ1v) is 5.88. The standard InChI is InChI=1S/C12H20NO/c14-9-8-13-12-7-3-5-10-4-1-2-6-11(10)12/h1-2,10-13H,3-9H2. The van der Waals surface area contributed by atoms with Crippen molar-refractivity contribution >= 4 is 0 Å². The first-order chi connectivity index (χ1) is 6.92. The zero-order valence-corrected chi connectivity index (χ0v) is 8.74. The summed E-state index contributed by atoms with van der Waals surface area (Å²) < 4.78 is 0. The van der Waals surface area contributed by atoms with E-state index in [2.05, 4.69) is 17.5 Å². The summed E-state index contributed by atoms with van der Waals surface area (Å²) in [6, 6.07) is 0.618. The Morgan fingerprint density at radius 3 is 2.93 bits per heavy atom. The Labute approximate surface area is 86.4 Å². The fourth-order valence-electron chi connectivity index (χ4n) is 3.03. The van der Waals surface area contributed by atoms with Crippen molar-refractivity contribution in [2.75, 3.05) is 13.2 Å². The van der Waals surface area contributed by atoms with Crippen LogP contribution in [0, 0.1) is 11.8 Å². The summed E-state index contributed by atoms with van der Waals surface area (Å²) in [6.07, 6.45) is 11.1. The van der Waals surface area contributed by atoms with Crippen LogP contribution in [0.15, 0.2) is 12.2 Å². The predicted molar refractivity (Wildman–Crippen MR) is 56.5 cm³/mol. The van der Waals surface area contributed by atoms with Gasteiger partial charge >= 0.3 is 0 Å². The third-order valence-corrected chi connectivity index (χ3v) is 3.73. The second kappa shape index (κ2) is 4.94. The van der Waals surface area contributed by atoms with Gasteiger partial charge in [-0.15, -0.1) is 0 Å². The van der Waals surface area contributed by atoms with Gasteiger partial charge in [-0.25, -0.2) is 5.11 Å². The average Bonchev–Trinajstić information content (AvgIpc) is 2.26. The van der Waals surface area contributed by atoms with Gasteiger partial charge in [-0.05, 0) is 37.5 Å². The molecule has 2 nitrogen and oxygen atoms in total. The summed E-state index contributed by atoms with van der Waals surface area (Å²) >= 11 is 0. The number of rotatable bonds is 3. The molecule has 0 amide bonds. The van der Waals surface area contributed by atoms with Crippen LogP contribution in [0.25, 0.3) is 0 Å². The minimum absolute atomic E-state index is 0.0176. The van der Waals surface area contributed by atoms with E-state index >= 15 is 0 Å². The van der Waals surface area contributed by atoms with Gasteiger partial charge < -0.3 is 5.32 Å². The molecule has 0 saturated heterocycles. The third kappa shape index (κ3) is 2.18. The maximum absolute atomic E-state index is 10.5. The molecule has 0 heterocycles. The number of hydrogen-bond donors (Lipinski definition) is 1. The lowest BCUT2D eigenvalue weighted by Gasteiger charge is -2.39. The minimum Gasteiger partial charge on any atom is -0.311 e. The molecule has 0 aromatic rings. The minimum atomic E-state index is 0.0176. The average molecular weight is 194 g/mol. The van der Waals surface area contributed by atoms with E-state index in [4.69, 9.17) is 0 Å². The molecule has 2 aliphatic rings. The van der Waals surface area contributed by atoms with Crippen molar-refractivity contribution in [2.45, 2.75) is 38.1 Å². The highest BCUT2D eigenvalue weighted by molar-refractivity contribution is 5.00. The van der Waals surface area contributed by atoms with Gasteiger partial charge in [0.1, 0.15) is 0 Å². The topological polar surface area (TPSA) is 31.9 Å². The molecular formula is C12H20NO. The van der Waals surface area contributed by atoms with Crippen LogP contribution in [-0.4, -0.2) is 19.2 Å². The third-order valence-electron chi connectivity index (χ3n) is 3.73. The van der Waals surface area contributed by atoms with Crippen LogP contribution in [0.3, 0.4) is 0 Å². The molecule has 2 aliphatic carbocycles. The highest BCUT2D eigenvalue weighted by Gasteiger charge is 2.32. The van der Waals surface area contributed by atoms with Crippen molar-refractivity contribution in [3.05, 3.63) is 12.2 Å². The lowest BCUT2D eigenvalue weighted by atomic mass is 9.70. The van der Waals surface area contributed by atoms with Gasteiger partial charge in [0.05, 0.1) is 6.61 Å². The van der Waals surface area contributed by atoms with Crippen LogP contribution < -0.4 is 5.32 Å². The Morgan fingerprint density at radius 1 is 1.21 bits per heavy atom. The van der Waals surface area contributed by atoms with E-state index in [1.54, 1.807) is 0 Å². The number of allylic oxidation sites excluding steroid dienone is 2. The van der Waals surface area contributed by atoms with Crippen molar-refractivity contribution in [2.24, 2.45) is 11.8 Å². The van der Waals surface area contributed by atoms with E-state index in [-0.39, 0.29) is 6.61 Å². The van der Waals surface area contributed by atoms with E-state index in [0.717, 1.165) is 11.8 Å². The van der Waals surface area contributed by atoms with E-state index in [1.165, 1.54) is 32.1 Å². The molecule has 0 aliphatic heterocycles. The Morgan fingerprint density at radius 2 is 2.07 bits per heavy atom. The molecule has 0 aromatic heterocycles. The van der Waals surface area contributed by atoms with E-state index in [1.807, 2.05) is 0 Å². The summed E-state index contributed by atoms with van der Waals surface area (Å²) in [4.78, 5) is 0. The molecule has 0 spiro atoms. The van der Waals surface area contributed by atoms with Crippen LogP contribution in [0.5, 0.6) is 0 Å². The monoisotopic (exact) mass is 194 g/mol. The Kier molecular flexibility index (Phi) is 3.60. The van der Waals surface area contributed by atoms with Crippen LogP contribution in [0.1, 0.15) is 32.1 Å².